The largest absolute Gasteiger partial charge is 0.376 e. The molecule has 0 saturated heterocycles. The third-order valence-corrected chi connectivity index (χ3v) is 5.64. The summed E-state index contributed by atoms with van der Waals surface area (Å²) in [5.41, 5.74) is 3.98. The molecule has 140 valence electrons. The van der Waals surface area contributed by atoms with Gasteiger partial charge in [-0.2, -0.15) is 5.10 Å². The molecule has 1 saturated carbocycles. The molecule has 1 aromatic carbocycles. The van der Waals surface area contributed by atoms with Crippen LogP contribution in [0, 0.1) is 0 Å². The predicted octanol–water partition coefficient (Wildman–Crippen LogP) is 2.79. The van der Waals surface area contributed by atoms with Crippen LogP contribution in [-0.2, 0) is 17.8 Å². The monoisotopic (exact) mass is 365 g/mol. The molecular formula is C20H23N5O2. The number of H-pyrrole nitrogens is 1. The van der Waals surface area contributed by atoms with Crippen LogP contribution in [0.5, 0.6) is 0 Å². The molecule has 1 aliphatic carbocycles. The van der Waals surface area contributed by atoms with E-state index in [-0.39, 0.29) is 11.6 Å². The van der Waals surface area contributed by atoms with Gasteiger partial charge in [0.25, 0.3) is 5.56 Å². The number of imidazole rings is 1. The summed E-state index contributed by atoms with van der Waals surface area (Å²) in [6, 6.07) is 10.3. The lowest BCUT2D eigenvalue weighted by Gasteiger charge is -2.30. The summed E-state index contributed by atoms with van der Waals surface area (Å²) in [5, 5.41) is 8.18. The van der Waals surface area contributed by atoms with Crippen LogP contribution in [0.1, 0.15) is 43.0 Å². The number of nitrogens with one attached hydrogen (secondary N) is 2. The Labute approximate surface area is 156 Å². The molecular weight excluding hydrogens is 342 g/mol. The Hall–Kier alpha value is -2.67. The molecule has 3 aromatic rings. The Morgan fingerprint density at radius 3 is 2.89 bits per heavy atom. The van der Waals surface area contributed by atoms with E-state index in [1.807, 2.05) is 24.3 Å². The molecule has 7 heteroatoms. The summed E-state index contributed by atoms with van der Waals surface area (Å²) in [7, 11) is 0. The van der Waals surface area contributed by atoms with Crippen molar-refractivity contribution in [2.24, 2.45) is 0 Å². The molecule has 2 aliphatic rings. The van der Waals surface area contributed by atoms with Crippen molar-refractivity contribution in [3.8, 4) is 0 Å². The molecule has 2 aromatic heterocycles. The molecule has 2 N–H and O–H groups in total. The lowest BCUT2D eigenvalue weighted by atomic mass is 9.91. The summed E-state index contributed by atoms with van der Waals surface area (Å²) in [6.45, 7) is 1.19. The van der Waals surface area contributed by atoms with Crippen LogP contribution in [0.4, 0.5) is 5.95 Å². The molecule has 5 rings (SSSR count). The average Bonchev–Trinajstić information content (AvgIpc) is 3.10. The standard InChI is InChI=1S/C20H23N5O2/c26-19-11-13-12-27-10-9-16(13)24-25(19)15-7-5-14(6-8-15)21-20-22-17-3-1-2-4-18(17)23-20/h1-4,11,14-15H,5-10,12H2,(H2,21,22,23). The van der Waals surface area contributed by atoms with Crippen LogP contribution in [0.15, 0.2) is 35.1 Å². The van der Waals surface area contributed by atoms with Gasteiger partial charge in [-0.05, 0) is 37.8 Å². The molecule has 0 atom stereocenters. The number of anilines is 1. The number of rotatable bonds is 3. The van der Waals surface area contributed by atoms with Gasteiger partial charge in [0.05, 0.1) is 36.0 Å². The SMILES string of the molecule is O=c1cc2c(nn1C1CCC(Nc3nc4ccccc4[nH]3)CC1)CCOC2. The van der Waals surface area contributed by atoms with Crippen molar-refractivity contribution in [2.75, 3.05) is 11.9 Å². The Morgan fingerprint density at radius 1 is 1.19 bits per heavy atom. The van der Waals surface area contributed by atoms with Gasteiger partial charge in [0.15, 0.2) is 0 Å². The van der Waals surface area contributed by atoms with Gasteiger partial charge in [-0.15, -0.1) is 0 Å². The first-order valence-corrected chi connectivity index (χ1v) is 9.67. The van der Waals surface area contributed by atoms with E-state index in [9.17, 15) is 4.79 Å². The first-order chi connectivity index (χ1) is 13.3. The first kappa shape index (κ1) is 16.5. The van der Waals surface area contributed by atoms with Crippen LogP contribution in [-0.4, -0.2) is 32.4 Å². The highest BCUT2D eigenvalue weighted by molar-refractivity contribution is 5.77. The van der Waals surface area contributed by atoms with Crippen LogP contribution in [0.25, 0.3) is 11.0 Å². The van der Waals surface area contributed by atoms with Crippen LogP contribution in [0.3, 0.4) is 0 Å². The number of nitrogens with zero attached hydrogens (tertiary/aromatic N) is 3. The van der Waals surface area contributed by atoms with E-state index in [0.717, 1.165) is 60.3 Å². The number of aromatic nitrogens is 4. The number of hydrogen-bond donors (Lipinski definition) is 2. The second-order valence-corrected chi connectivity index (χ2v) is 7.45. The fourth-order valence-electron chi connectivity index (χ4n) is 4.17. The highest BCUT2D eigenvalue weighted by Crippen LogP contribution is 2.29. The van der Waals surface area contributed by atoms with Gasteiger partial charge in [0.2, 0.25) is 5.95 Å². The van der Waals surface area contributed by atoms with Crippen molar-refractivity contribution in [3.05, 3.63) is 51.9 Å². The maximum atomic E-state index is 12.5. The maximum absolute atomic E-state index is 12.5. The van der Waals surface area contributed by atoms with Crippen molar-refractivity contribution >= 4 is 17.0 Å². The van der Waals surface area contributed by atoms with Gasteiger partial charge in [0.1, 0.15) is 0 Å². The zero-order valence-corrected chi connectivity index (χ0v) is 15.1. The summed E-state index contributed by atoms with van der Waals surface area (Å²) in [6.07, 6.45) is 4.67. The van der Waals surface area contributed by atoms with Crippen LogP contribution >= 0.6 is 0 Å². The van der Waals surface area contributed by atoms with Gasteiger partial charge in [0, 0.05) is 24.1 Å². The zero-order valence-electron chi connectivity index (χ0n) is 15.1. The Balaban J connectivity index is 1.27. The molecule has 1 aliphatic heterocycles. The van der Waals surface area contributed by atoms with Gasteiger partial charge >= 0.3 is 0 Å². The van der Waals surface area contributed by atoms with E-state index in [1.165, 1.54) is 0 Å². The molecule has 1 fully saturated rings. The lowest BCUT2D eigenvalue weighted by Crippen LogP contribution is -2.35. The fourth-order valence-corrected chi connectivity index (χ4v) is 4.17. The number of ether oxygens (including phenoxy) is 1. The van der Waals surface area contributed by atoms with Gasteiger partial charge in [-0.3, -0.25) is 4.79 Å². The van der Waals surface area contributed by atoms with E-state index in [2.05, 4.69) is 20.4 Å². The normalized spacial score (nSPS) is 22.5. The van der Waals surface area contributed by atoms with Crippen molar-refractivity contribution in [2.45, 2.75) is 50.8 Å². The minimum atomic E-state index is -0.00653. The molecule has 27 heavy (non-hydrogen) atoms. The topological polar surface area (TPSA) is 84.8 Å². The predicted molar refractivity (Wildman–Crippen MR) is 103 cm³/mol. The van der Waals surface area contributed by atoms with E-state index in [0.29, 0.717) is 19.3 Å². The Bertz CT molecular complexity index is 984. The first-order valence-electron chi connectivity index (χ1n) is 9.67. The summed E-state index contributed by atoms with van der Waals surface area (Å²) >= 11 is 0. The number of hydrogen-bond acceptors (Lipinski definition) is 5. The van der Waals surface area contributed by atoms with E-state index < -0.39 is 0 Å². The van der Waals surface area contributed by atoms with Crippen LogP contribution in [0.2, 0.25) is 0 Å². The Kier molecular flexibility index (Phi) is 4.16. The summed E-state index contributed by atoms with van der Waals surface area (Å²) in [4.78, 5) is 20.4. The van der Waals surface area contributed by atoms with Crippen molar-refractivity contribution in [1.29, 1.82) is 0 Å². The molecule has 0 unspecified atom stereocenters. The highest BCUT2D eigenvalue weighted by Gasteiger charge is 2.25. The molecule has 0 spiro atoms. The quantitative estimate of drug-likeness (QED) is 0.745. The minimum absolute atomic E-state index is 0.00653. The zero-order chi connectivity index (χ0) is 18.2. The van der Waals surface area contributed by atoms with Crippen molar-refractivity contribution in [3.63, 3.8) is 0 Å². The maximum Gasteiger partial charge on any atom is 0.267 e. The third kappa shape index (κ3) is 3.23. The molecule has 0 bridgehead atoms. The Morgan fingerprint density at radius 2 is 2.04 bits per heavy atom. The van der Waals surface area contributed by atoms with Gasteiger partial charge < -0.3 is 15.0 Å². The molecule has 0 radical (unpaired) electrons. The highest BCUT2D eigenvalue weighted by atomic mass is 16.5. The minimum Gasteiger partial charge on any atom is -0.376 e. The summed E-state index contributed by atoms with van der Waals surface area (Å²) in [5.74, 6) is 0.823. The number of benzene rings is 1. The second kappa shape index (κ2) is 6.81. The smallest absolute Gasteiger partial charge is 0.267 e. The van der Waals surface area contributed by atoms with E-state index in [1.54, 1.807) is 10.7 Å². The molecule has 0 amide bonds. The van der Waals surface area contributed by atoms with Crippen LogP contribution < -0.4 is 10.9 Å². The summed E-state index contributed by atoms with van der Waals surface area (Å²) < 4.78 is 7.13. The molecule has 3 heterocycles. The van der Waals surface area contributed by atoms with Gasteiger partial charge in [-0.1, -0.05) is 12.1 Å². The van der Waals surface area contributed by atoms with Crippen molar-refractivity contribution in [1.82, 2.24) is 19.7 Å². The second-order valence-electron chi connectivity index (χ2n) is 7.45. The number of aromatic amines is 1. The molecule has 7 nitrogen and oxygen atoms in total. The third-order valence-electron chi connectivity index (χ3n) is 5.64. The van der Waals surface area contributed by atoms with E-state index >= 15 is 0 Å². The van der Waals surface area contributed by atoms with Crippen molar-refractivity contribution < 1.29 is 4.74 Å². The van der Waals surface area contributed by atoms with E-state index in [4.69, 9.17) is 4.74 Å². The lowest BCUT2D eigenvalue weighted by molar-refractivity contribution is 0.107. The number of fused-ring (bicyclic) bond motifs is 2. The van der Waals surface area contributed by atoms with Gasteiger partial charge in [-0.25, -0.2) is 9.67 Å². The average molecular weight is 365 g/mol. The number of para-hydroxylation sites is 2. The fraction of sp³-hybridized carbons (Fsp3) is 0.450.